The predicted octanol–water partition coefficient (Wildman–Crippen LogP) is 1.79. The molecule has 0 aromatic heterocycles. The van der Waals surface area contributed by atoms with Crippen molar-refractivity contribution >= 4 is 27.5 Å². The van der Waals surface area contributed by atoms with Gasteiger partial charge >= 0.3 is 0 Å². The number of hydrogen-bond acceptors (Lipinski definition) is 4. The van der Waals surface area contributed by atoms with Crippen molar-refractivity contribution in [2.24, 2.45) is 0 Å². The number of amides is 1. The van der Waals surface area contributed by atoms with Crippen LogP contribution in [0.1, 0.15) is 17.3 Å². The average molecular weight is 328 g/mol. The standard InChI is InChI=1S/C12H14BrN3O3/c1-8-7-14-4-5-15(8)12(17)10-6-9(16(18)19)2-3-11(10)13/h2-3,6,8,14H,4-5,7H2,1H3/t8-/m1/s1. The Morgan fingerprint density at radius 3 is 2.95 bits per heavy atom. The molecule has 1 aromatic carbocycles. The van der Waals surface area contributed by atoms with Gasteiger partial charge in [-0.15, -0.1) is 0 Å². The molecule has 1 saturated heterocycles. The molecular formula is C12H14BrN3O3. The third-order valence-electron chi connectivity index (χ3n) is 3.15. The zero-order valence-electron chi connectivity index (χ0n) is 10.4. The summed E-state index contributed by atoms with van der Waals surface area (Å²) in [5.41, 5.74) is 0.261. The predicted molar refractivity (Wildman–Crippen MR) is 74.2 cm³/mol. The summed E-state index contributed by atoms with van der Waals surface area (Å²) < 4.78 is 0.578. The van der Waals surface area contributed by atoms with Gasteiger partial charge in [0.15, 0.2) is 0 Å². The minimum atomic E-state index is -0.496. The highest BCUT2D eigenvalue weighted by atomic mass is 79.9. The van der Waals surface area contributed by atoms with Crippen LogP contribution >= 0.6 is 15.9 Å². The number of nitro groups is 1. The molecule has 7 heteroatoms. The Hall–Kier alpha value is -1.47. The van der Waals surface area contributed by atoms with E-state index in [1.165, 1.54) is 18.2 Å². The molecule has 1 aliphatic heterocycles. The van der Waals surface area contributed by atoms with Crippen LogP contribution in [0.3, 0.4) is 0 Å². The van der Waals surface area contributed by atoms with Crippen LogP contribution in [0.5, 0.6) is 0 Å². The second-order valence-electron chi connectivity index (χ2n) is 4.47. The summed E-state index contributed by atoms with van der Waals surface area (Å²) in [4.78, 5) is 24.5. The maximum atomic E-state index is 12.5. The molecule has 0 aliphatic carbocycles. The Bertz CT molecular complexity index is 521. The summed E-state index contributed by atoms with van der Waals surface area (Å²) in [7, 11) is 0. The molecule has 1 heterocycles. The first kappa shape index (κ1) is 14.0. The van der Waals surface area contributed by atoms with Gasteiger partial charge in [0, 0.05) is 42.3 Å². The largest absolute Gasteiger partial charge is 0.333 e. The first-order valence-electron chi connectivity index (χ1n) is 5.96. The van der Waals surface area contributed by atoms with E-state index < -0.39 is 4.92 Å². The number of hydrogen-bond donors (Lipinski definition) is 1. The van der Waals surface area contributed by atoms with Crippen LogP contribution in [-0.4, -0.2) is 41.4 Å². The summed E-state index contributed by atoms with van der Waals surface area (Å²) in [5.74, 6) is -0.176. The van der Waals surface area contributed by atoms with E-state index in [4.69, 9.17) is 0 Å². The second kappa shape index (κ2) is 5.66. The summed E-state index contributed by atoms with van der Waals surface area (Å²) in [6.45, 7) is 4.03. The molecule has 1 atom stereocenters. The lowest BCUT2D eigenvalue weighted by atomic mass is 10.1. The van der Waals surface area contributed by atoms with E-state index in [-0.39, 0.29) is 17.6 Å². The number of piperazine rings is 1. The molecular weight excluding hydrogens is 314 g/mol. The van der Waals surface area contributed by atoms with Crippen molar-refractivity contribution in [3.05, 3.63) is 38.3 Å². The van der Waals surface area contributed by atoms with Gasteiger partial charge in [0.05, 0.1) is 10.5 Å². The van der Waals surface area contributed by atoms with E-state index in [0.717, 1.165) is 13.1 Å². The molecule has 102 valence electrons. The molecule has 0 radical (unpaired) electrons. The first-order valence-corrected chi connectivity index (χ1v) is 6.75. The fourth-order valence-electron chi connectivity index (χ4n) is 2.09. The van der Waals surface area contributed by atoms with Crippen LogP contribution in [0.4, 0.5) is 5.69 Å². The Labute approximate surface area is 119 Å². The quantitative estimate of drug-likeness (QED) is 0.663. The minimum absolute atomic E-state index is 0.0747. The van der Waals surface area contributed by atoms with Crippen molar-refractivity contribution < 1.29 is 9.72 Å². The van der Waals surface area contributed by atoms with Gasteiger partial charge < -0.3 is 10.2 Å². The molecule has 1 fully saturated rings. The zero-order valence-corrected chi connectivity index (χ0v) is 12.0. The summed E-state index contributed by atoms with van der Waals surface area (Å²) in [6, 6.07) is 4.31. The minimum Gasteiger partial charge on any atom is -0.333 e. The molecule has 2 rings (SSSR count). The third kappa shape index (κ3) is 2.93. The van der Waals surface area contributed by atoms with Gasteiger partial charge in [0.2, 0.25) is 0 Å². The van der Waals surface area contributed by atoms with Crippen LogP contribution in [0.25, 0.3) is 0 Å². The first-order chi connectivity index (χ1) is 9.00. The van der Waals surface area contributed by atoms with Gasteiger partial charge in [-0.25, -0.2) is 0 Å². The molecule has 0 bridgehead atoms. The van der Waals surface area contributed by atoms with Gasteiger partial charge in [0.1, 0.15) is 0 Å². The van der Waals surface area contributed by atoms with E-state index >= 15 is 0 Å². The molecule has 1 N–H and O–H groups in total. The fourth-order valence-corrected chi connectivity index (χ4v) is 2.50. The van der Waals surface area contributed by atoms with Gasteiger partial charge in [-0.05, 0) is 28.9 Å². The molecule has 6 nitrogen and oxygen atoms in total. The summed E-state index contributed by atoms with van der Waals surface area (Å²) in [6.07, 6.45) is 0. The van der Waals surface area contributed by atoms with Crippen LogP contribution in [0.15, 0.2) is 22.7 Å². The Morgan fingerprint density at radius 2 is 2.32 bits per heavy atom. The fraction of sp³-hybridized carbons (Fsp3) is 0.417. The van der Waals surface area contributed by atoms with Crippen LogP contribution < -0.4 is 5.32 Å². The number of rotatable bonds is 2. The van der Waals surface area contributed by atoms with Crippen LogP contribution in [0, 0.1) is 10.1 Å². The molecule has 0 saturated carbocycles. The summed E-state index contributed by atoms with van der Waals surface area (Å²) in [5, 5.41) is 14.0. The molecule has 1 aliphatic rings. The van der Waals surface area contributed by atoms with E-state index in [0.29, 0.717) is 16.6 Å². The number of non-ortho nitro benzene ring substituents is 1. The van der Waals surface area contributed by atoms with E-state index in [2.05, 4.69) is 21.2 Å². The van der Waals surface area contributed by atoms with E-state index in [1.54, 1.807) is 4.90 Å². The number of benzene rings is 1. The molecule has 19 heavy (non-hydrogen) atoms. The maximum absolute atomic E-state index is 12.5. The molecule has 1 amide bonds. The number of halogens is 1. The Morgan fingerprint density at radius 1 is 1.58 bits per heavy atom. The van der Waals surface area contributed by atoms with Crippen molar-refractivity contribution in [2.75, 3.05) is 19.6 Å². The molecule has 0 spiro atoms. The highest BCUT2D eigenvalue weighted by Gasteiger charge is 2.26. The SMILES string of the molecule is C[C@@H]1CNCCN1C(=O)c1cc([N+](=O)[O-])ccc1Br. The highest BCUT2D eigenvalue weighted by Crippen LogP contribution is 2.24. The number of nitrogens with zero attached hydrogens (tertiary/aromatic N) is 2. The number of nitrogens with one attached hydrogen (secondary N) is 1. The molecule has 0 unspecified atom stereocenters. The van der Waals surface area contributed by atoms with Gasteiger partial charge in [-0.2, -0.15) is 0 Å². The monoisotopic (exact) mass is 327 g/mol. The van der Waals surface area contributed by atoms with Gasteiger partial charge in [0.25, 0.3) is 11.6 Å². The second-order valence-corrected chi connectivity index (χ2v) is 5.33. The number of carbonyl (C=O) groups excluding carboxylic acids is 1. The Balaban J connectivity index is 2.32. The average Bonchev–Trinajstić information content (AvgIpc) is 2.38. The van der Waals surface area contributed by atoms with Crippen molar-refractivity contribution in [1.82, 2.24) is 10.2 Å². The lowest BCUT2D eigenvalue weighted by molar-refractivity contribution is -0.384. The smallest absolute Gasteiger partial charge is 0.270 e. The third-order valence-corrected chi connectivity index (χ3v) is 3.84. The van der Waals surface area contributed by atoms with Crippen molar-refractivity contribution in [3.8, 4) is 0 Å². The van der Waals surface area contributed by atoms with E-state index in [9.17, 15) is 14.9 Å². The van der Waals surface area contributed by atoms with Crippen LogP contribution in [-0.2, 0) is 0 Å². The van der Waals surface area contributed by atoms with Crippen molar-refractivity contribution in [1.29, 1.82) is 0 Å². The lowest BCUT2D eigenvalue weighted by Crippen LogP contribution is -2.52. The summed E-state index contributed by atoms with van der Waals surface area (Å²) >= 11 is 3.28. The van der Waals surface area contributed by atoms with Gasteiger partial charge in [-0.1, -0.05) is 0 Å². The van der Waals surface area contributed by atoms with E-state index in [1.807, 2.05) is 6.92 Å². The number of carbonyl (C=O) groups is 1. The van der Waals surface area contributed by atoms with Crippen molar-refractivity contribution in [3.63, 3.8) is 0 Å². The highest BCUT2D eigenvalue weighted by molar-refractivity contribution is 9.10. The van der Waals surface area contributed by atoms with Crippen molar-refractivity contribution in [2.45, 2.75) is 13.0 Å². The zero-order chi connectivity index (χ0) is 14.0. The molecule has 1 aromatic rings. The maximum Gasteiger partial charge on any atom is 0.270 e. The topological polar surface area (TPSA) is 75.5 Å². The number of nitro benzene ring substituents is 1. The Kier molecular flexibility index (Phi) is 4.16. The normalized spacial score (nSPS) is 19.3. The van der Waals surface area contributed by atoms with Crippen LogP contribution in [0.2, 0.25) is 0 Å². The lowest BCUT2D eigenvalue weighted by Gasteiger charge is -2.34. The van der Waals surface area contributed by atoms with Gasteiger partial charge in [-0.3, -0.25) is 14.9 Å².